The average Bonchev–Trinajstić information content (AvgIpc) is 2.44. The zero-order valence-corrected chi connectivity index (χ0v) is 13.1. The highest BCUT2D eigenvalue weighted by Crippen LogP contribution is 2.35. The minimum absolute atomic E-state index is 0.0762. The van der Waals surface area contributed by atoms with E-state index in [1.807, 2.05) is 4.72 Å². The van der Waals surface area contributed by atoms with Gasteiger partial charge in [-0.3, -0.25) is 14.5 Å². The largest absolute Gasteiger partial charge is 0.416 e. The summed E-state index contributed by atoms with van der Waals surface area (Å²) in [5.41, 5.74) is 3.56. The number of carbonyl (C=O) groups is 1. The molecule has 0 bridgehead atoms. The molecule has 0 aliphatic carbocycles. The number of carbonyl (C=O) groups excluding carboxylic acids is 1. The molecule has 128 valence electrons. The van der Waals surface area contributed by atoms with Crippen LogP contribution in [0.4, 0.5) is 18.9 Å². The Hall–Kier alpha value is -2.62. The van der Waals surface area contributed by atoms with Crippen LogP contribution in [-0.2, 0) is 16.2 Å². The van der Waals surface area contributed by atoms with Gasteiger partial charge in [0.25, 0.3) is 5.91 Å². The number of nitrogens with one attached hydrogen (secondary N) is 1. The zero-order chi connectivity index (χ0) is 18.1. The quantitative estimate of drug-likeness (QED) is 0.874. The van der Waals surface area contributed by atoms with Gasteiger partial charge in [-0.05, 0) is 30.3 Å². The normalized spacial score (nSPS) is 12.0. The first-order valence-corrected chi connectivity index (χ1v) is 8.32. The lowest BCUT2D eigenvalue weighted by atomic mass is 10.0. The minimum Gasteiger partial charge on any atom is -0.366 e. The van der Waals surface area contributed by atoms with Gasteiger partial charge >= 0.3 is 6.18 Å². The van der Waals surface area contributed by atoms with E-state index in [4.69, 9.17) is 5.73 Å². The number of hydrogen-bond donors (Lipinski definition) is 2. The second-order valence-electron chi connectivity index (χ2n) is 4.93. The SMILES string of the molecule is CS(=O)(=O)Nc1cc(-c2ncccc2C(N)=O)cc(C(F)(F)F)c1. The Morgan fingerprint density at radius 2 is 1.92 bits per heavy atom. The first-order chi connectivity index (χ1) is 11.0. The number of halogens is 3. The van der Waals surface area contributed by atoms with Gasteiger partial charge in [-0.25, -0.2) is 8.42 Å². The molecule has 1 amide bonds. The van der Waals surface area contributed by atoms with Crippen molar-refractivity contribution in [2.45, 2.75) is 6.18 Å². The number of nitrogens with zero attached hydrogens (tertiary/aromatic N) is 1. The number of hydrogen-bond acceptors (Lipinski definition) is 4. The van der Waals surface area contributed by atoms with Crippen molar-refractivity contribution in [2.75, 3.05) is 11.0 Å². The number of pyridine rings is 1. The molecule has 0 atom stereocenters. The molecule has 0 spiro atoms. The summed E-state index contributed by atoms with van der Waals surface area (Å²) >= 11 is 0. The van der Waals surface area contributed by atoms with Crippen LogP contribution in [0, 0.1) is 0 Å². The molecule has 0 unspecified atom stereocenters. The number of aromatic nitrogens is 1. The van der Waals surface area contributed by atoms with Gasteiger partial charge in [0.1, 0.15) is 0 Å². The van der Waals surface area contributed by atoms with Crippen molar-refractivity contribution in [3.63, 3.8) is 0 Å². The van der Waals surface area contributed by atoms with Gasteiger partial charge in [-0.15, -0.1) is 0 Å². The first kappa shape index (κ1) is 17.7. The molecule has 1 heterocycles. The summed E-state index contributed by atoms with van der Waals surface area (Å²) in [6, 6.07) is 5.28. The van der Waals surface area contributed by atoms with Gasteiger partial charge < -0.3 is 5.73 Å². The summed E-state index contributed by atoms with van der Waals surface area (Å²) in [6.07, 6.45) is -2.63. The highest BCUT2D eigenvalue weighted by atomic mass is 32.2. The van der Waals surface area contributed by atoms with Crippen LogP contribution < -0.4 is 10.5 Å². The fraction of sp³-hybridized carbons (Fsp3) is 0.143. The second kappa shape index (κ2) is 6.11. The summed E-state index contributed by atoms with van der Waals surface area (Å²) in [5, 5.41) is 0. The van der Waals surface area contributed by atoms with Gasteiger partial charge in [0.2, 0.25) is 10.0 Å². The lowest BCUT2D eigenvalue weighted by Gasteiger charge is -2.14. The maximum Gasteiger partial charge on any atom is 0.416 e. The third-order valence-corrected chi connectivity index (χ3v) is 3.52. The number of anilines is 1. The van der Waals surface area contributed by atoms with Crippen molar-refractivity contribution in [1.82, 2.24) is 4.98 Å². The van der Waals surface area contributed by atoms with Gasteiger partial charge in [-0.2, -0.15) is 13.2 Å². The van der Waals surface area contributed by atoms with Gasteiger partial charge in [0.05, 0.1) is 23.1 Å². The molecule has 10 heteroatoms. The fourth-order valence-corrected chi connectivity index (χ4v) is 2.58. The van der Waals surface area contributed by atoms with E-state index in [1.54, 1.807) is 0 Å². The Balaban J connectivity index is 2.70. The van der Waals surface area contributed by atoms with Gasteiger partial charge in [0, 0.05) is 17.4 Å². The summed E-state index contributed by atoms with van der Waals surface area (Å²) in [4.78, 5) is 15.3. The predicted octanol–water partition coefficient (Wildman–Crippen LogP) is 2.24. The molecule has 1 aromatic heterocycles. The lowest BCUT2D eigenvalue weighted by Crippen LogP contribution is -2.14. The Morgan fingerprint density at radius 3 is 2.46 bits per heavy atom. The van der Waals surface area contributed by atoms with Gasteiger partial charge in [0.15, 0.2) is 0 Å². The summed E-state index contributed by atoms with van der Waals surface area (Å²) in [6.45, 7) is 0. The molecule has 0 aliphatic heterocycles. The molecule has 24 heavy (non-hydrogen) atoms. The molecule has 0 saturated carbocycles. The third kappa shape index (κ3) is 4.22. The number of primary amides is 1. The predicted molar refractivity (Wildman–Crippen MR) is 81.7 cm³/mol. The number of sulfonamides is 1. The molecule has 6 nitrogen and oxygen atoms in total. The maximum atomic E-state index is 13.1. The standard InChI is InChI=1S/C14H12F3N3O3S/c1-24(22,23)20-10-6-8(5-9(7-10)14(15,16)17)12-11(13(18)21)3-2-4-19-12/h2-7,20H,1H3,(H2,18,21). The van der Waals surface area contributed by atoms with E-state index in [1.165, 1.54) is 18.3 Å². The number of nitrogens with two attached hydrogens (primary N) is 1. The topological polar surface area (TPSA) is 102 Å². The van der Waals surface area contributed by atoms with Crippen molar-refractivity contribution >= 4 is 21.6 Å². The molecule has 3 N–H and O–H groups in total. The highest BCUT2D eigenvalue weighted by molar-refractivity contribution is 7.92. The van der Waals surface area contributed by atoms with E-state index >= 15 is 0 Å². The summed E-state index contributed by atoms with van der Waals surface area (Å²) < 4.78 is 63.8. The number of alkyl halides is 3. The molecule has 2 aromatic rings. The van der Waals surface area contributed by atoms with Crippen molar-refractivity contribution < 1.29 is 26.4 Å². The van der Waals surface area contributed by atoms with Crippen LogP contribution in [-0.4, -0.2) is 25.6 Å². The number of amides is 1. The molecule has 0 aliphatic rings. The minimum atomic E-state index is -4.72. The van der Waals surface area contributed by atoms with Crippen LogP contribution in [0.1, 0.15) is 15.9 Å². The van der Waals surface area contributed by atoms with Crippen molar-refractivity contribution in [3.8, 4) is 11.3 Å². The van der Waals surface area contributed by atoms with Crippen LogP contribution in [0.15, 0.2) is 36.5 Å². The van der Waals surface area contributed by atoms with E-state index in [9.17, 15) is 26.4 Å². The lowest BCUT2D eigenvalue weighted by molar-refractivity contribution is -0.137. The van der Waals surface area contributed by atoms with E-state index in [0.29, 0.717) is 6.07 Å². The van der Waals surface area contributed by atoms with Crippen molar-refractivity contribution in [3.05, 3.63) is 47.7 Å². The Labute approximate surface area is 135 Å². The first-order valence-electron chi connectivity index (χ1n) is 6.42. The van der Waals surface area contributed by atoms with E-state index in [0.717, 1.165) is 18.4 Å². The van der Waals surface area contributed by atoms with Crippen LogP contribution >= 0.6 is 0 Å². The molecular weight excluding hydrogens is 347 g/mol. The Bertz CT molecular complexity index is 896. The van der Waals surface area contributed by atoms with Crippen molar-refractivity contribution in [2.24, 2.45) is 5.73 Å². The zero-order valence-electron chi connectivity index (χ0n) is 12.3. The monoisotopic (exact) mass is 359 g/mol. The molecule has 1 aromatic carbocycles. The Kier molecular flexibility index (Phi) is 4.52. The van der Waals surface area contributed by atoms with Gasteiger partial charge in [-0.1, -0.05) is 0 Å². The van der Waals surface area contributed by atoms with Crippen LogP contribution in [0.25, 0.3) is 11.3 Å². The van der Waals surface area contributed by atoms with Crippen LogP contribution in [0.5, 0.6) is 0 Å². The van der Waals surface area contributed by atoms with E-state index in [-0.39, 0.29) is 22.5 Å². The molecule has 2 rings (SSSR count). The summed E-state index contributed by atoms with van der Waals surface area (Å²) in [5.74, 6) is -0.867. The number of rotatable bonds is 4. The van der Waals surface area contributed by atoms with Crippen molar-refractivity contribution in [1.29, 1.82) is 0 Å². The van der Waals surface area contributed by atoms with E-state index in [2.05, 4.69) is 4.98 Å². The smallest absolute Gasteiger partial charge is 0.366 e. The van der Waals surface area contributed by atoms with Crippen LogP contribution in [0.2, 0.25) is 0 Å². The molecule has 0 saturated heterocycles. The van der Waals surface area contributed by atoms with E-state index < -0.39 is 27.7 Å². The third-order valence-electron chi connectivity index (χ3n) is 2.91. The summed E-state index contributed by atoms with van der Waals surface area (Å²) in [7, 11) is -3.79. The van der Waals surface area contributed by atoms with Crippen LogP contribution in [0.3, 0.4) is 0 Å². The number of benzene rings is 1. The highest BCUT2D eigenvalue weighted by Gasteiger charge is 2.32. The molecule has 0 fully saturated rings. The molecule has 0 radical (unpaired) electrons. The Morgan fingerprint density at radius 1 is 1.25 bits per heavy atom. The maximum absolute atomic E-state index is 13.1. The average molecular weight is 359 g/mol. The molecular formula is C14H12F3N3O3S. The second-order valence-corrected chi connectivity index (χ2v) is 6.68. The fourth-order valence-electron chi connectivity index (χ4n) is 2.04.